The molecule has 0 bridgehead atoms. The molecule has 1 aliphatic heterocycles. The lowest BCUT2D eigenvalue weighted by molar-refractivity contribution is 0.129. The standard InChI is InChI=1S/C14H23N3/c1-14(6-4-7-14)10-17-11-15-9-13(17)12-5-2-3-8-16-12/h9,11-12,16H,2-8,10H2,1H3. The van der Waals surface area contributed by atoms with E-state index in [4.69, 9.17) is 0 Å². The number of piperidine rings is 1. The molecule has 1 aliphatic carbocycles. The van der Waals surface area contributed by atoms with Gasteiger partial charge < -0.3 is 9.88 Å². The molecule has 1 N–H and O–H groups in total. The summed E-state index contributed by atoms with van der Waals surface area (Å²) in [5.74, 6) is 0. The lowest BCUT2D eigenvalue weighted by atomic mass is 9.70. The van der Waals surface area contributed by atoms with Gasteiger partial charge in [0.15, 0.2) is 0 Å². The molecule has 17 heavy (non-hydrogen) atoms. The quantitative estimate of drug-likeness (QED) is 0.870. The van der Waals surface area contributed by atoms with E-state index in [9.17, 15) is 0 Å². The maximum atomic E-state index is 4.36. The Labute approximate surface area is 104 Å². The zero-order valence-electron chi connectivity index (χ0n) is 10.8. The van der Waals surface area contributed by atoms with E-state index in [1.165, 1.54) is 44.2 Å². The Morgan fingerprint density at radius 3 is 2.94 bits per heavy atom. The molecule has 1 saturated carbocycles. The number of nitrogens with zero attached hydrogens (tertiary/aromatic N) is 2. The van der Waals surface area contributed by atoms with Crippen molar-refractivity contribution >= 4 is 0 Å². The van der Waals surface area contributed by atoms with E-state index < -0.39 is 0 Å². The van der Waals surface area contributed by atoms with Crippen molar-refractivity contribution in [2.75, 3.05) is 6.54 Å². The van der Waals surface area contributed by atoms with Gasteiger partial charge in [-0.15, -0.1) is 0 Å². The van der Waals surface area contributed by atoms with Crippen LogP contribution in [0.2, 0.25) is 0 Å². The maximum absolute atomic E-state index is 4.36. The third-order valence-corrected chi connectivity index (χ3v) is 4.52. The summed E-state index contributed by atoms with van der Waals surface area (Å²) in [5.41, 5.74) is 1.93. The lowest BCUT2D eigenvalue weighted by Gasteiger charge is -2.39. The number of nitrogens with one attached hydrogen (secondary N) is 1. The fourth-order valence-electron chi connectivity index (χ4n) is 3.21. The van der Waals surface area contributed by atoms with Gasteiger partial charge in [-0.3, -0.25) is 0 Å². The number of imidazole rings is 1. The Morgan fingerprint density at radius 1 is 1.41 bits per heavy atom. The summed E-state index contributed by atoms with van der Waals surface area (Å²) in [6.07, 6.45) is 12.2. The first kappa shape index (κ1) is 11.3. The highest BCUT2D eigenvalue weighted by Gasteiger charge is 2.33. The van der Waals surface area contributed by atoms with Crippen LogP contribution < -0.4 is 5.32 Å². The summed E-state index contributed by atoms with van der Waals surface area (Å²) >= 11 is 0. The van der Waals surface area contributed by atoms with Crippen LogP contribution in [0.15, 0.2) is 12.5 Å². The molecule has 1 unspecified atom stereocenters. The van der Waals surface area contributed by atoms with E-state index in [0.717, 1.165) is 13.1 Å². The third kappa shape index (κ3) is 2.25. The van der Waals surface area contributed by atoms with E-state index in [1.807, 2.05) is 6.33 Å². The van der Waals surface area contributed by atoms with E-state index >= 15 is 0 Å². The van der Waals surface area contributed by atoms with Crippen LogP contribution in [-0.2, 0) is 6.54 Å². The summed E-state index contributed by atoms with van der Waals surface area (Å²) in [5, 5.41) is 3.62. The highest BCUT2D eigenvalue weighted by atomic mass is 15.1. The van der Waals surface area contributed by atoms with Gasteiger partial charge in [0.1, 0.15) is 0 Å². The predicted octanol–water partition coefficient (Wildman–Crippen LogP) is 2.89. The highest BCUT2D eigenvalue weighted by molar-refractivity contribution is 5.07. The average molecular weight is 233 g/mol. The fourth-order valence-corrected chi connectivity index (χ4v) is 3.21. The van der Waals surface area contributed by atoms with E-state index in [0.29, 0.717) is 11.5 Å². The van der Waals surface area contributed by atoms with Crippen LogP contribution in [0, 0.1) is 5.41 Å². The van der Waals surface area contributed by atoms with Gasteiger partial charge in [0.25, 0.3) is 0 Å². The van der Waals surface area contributed by atoms with Crippen molar-refractivity contribution in [3.8, 4) is 0 Å². The van der Waals surface area contributed by atoms with Crippen molar-refractivity contribution in [1.29, 1.82) is 0 Å². The minimum atomic E-state index is 0.532. The van der Waals surface area contributed by atoms with Crippen molar-refractivity contribution in [3.05, 3.63) is 18.2 Å². The van der Waals surface area contributed by atoms with Crippen LogP contribution in [-0.4, -0.2) is 16.1 Å². The van der Waals surface area contributed by atoms with E-state index in [1.54, 1.807) is 0 Å². The minimum absolute atomic E-state index is 0.532. The number of aromatic nitrogens is 2. The van der Waals surface area contributed by atoms with Crippen LogP contribution >= 0.6 is 0 Å². The highest BCUT2D eigenvalue weighted by Crippen LogP contribution is 2.42. The van der Waals surface area contributed by atoms with Crippen LogP contribution in [0.4, 0.5) is 0 Å². The average Bonchev–Trinajstić information content (AvgIpc) is 2.76. The van der Waals surface area contributed by atoms with Crippen LogP contribution in [0.3, 0.4) is 0 Å². The molecule has 1 aromatic heterocycles. The molecule has 1 atom stereocenters. The molecule has 94 valence electrons. The first-order chi connectivity index (χ1) is 8.27. The van der Waals surface area contributed by atoms with Crippen molar-refractivity contribution < 1.29 is 0 Å². The molecular weight excluding hydrogens is 210 g/mol. The molecular formula is C14H23N3. The first-order valence-electron chi connectivity index (χ1n) is 7.00. The normalized spacial score (nSPS) is 27.7. The second kappa shape index (κ2) is 4.45. The molecule has 3 heteroatoms. The topological polar surface area (TPSA) is 29.9 Å². The second-order valence-electron chi connectivity index (χ2n) is 6.11. The van der Waals surface area contributed by atoms with E-state index in [-0.39, 0.29) is 0 Å². The summed E-state index contributed by atoms with van der Waals surface area (Å²) < 4.78 is 2.39. The van der Waals surface area contributed by atoms with Crippen LogP contribution in [0.1, 0.15) is 57.2 Å². The van der Waals surface area contributed by atoms with Gasteiger partial charge >= 0.3 is 0 Å². The van der Waals surface area contributed by atoms with Gasteiger partial charge in [0, 0.05) is 18.8 Å². The number of hydrogen-bond donors (Lipinski definition) is 1. The summed E-state index contributed by atoms with van der Waals surface area (Å²) in [4.78, 5) is 4.36. The summed E-state index contributed by atoms with van der Waals surface area (Å²) in [6, 6.07) is 0.537. The molecule has 0 aromatic carbocycles. The fraction of sp³-hybridized carbons (Fsp3) is 0.786. The molecule has 2 heterocycles. The Kier molecular flexibility index (Phi) is 2.95. The van der Waals surface area contributed by atoms with Gasteiger partial charge in [-0.1, -0.05) is 19.8 Å². The SMILES string of the molecule is CC1(Cn2cncc2C2CCCCN2)CCC1. The molecule has 0 radical (unpaired) electrons. The van der Waals surface area contributed by atoms with Crippen LogP contribution in [0.25, 0.3) is 0 Å². The monoisotopic (exact) mass is 233 g/mol. The zero-order chi connectivity index (χ0) is 11.7. The second-order valence-corrected chi connectivity index (χ2v) is 6.11. The van der Waals surface area contributed by atoms with Crippen molar-refractivity contribution in [2.24, 2.45) is 5.41 Å². The molecule has 3 rings (SSSR count). The smallest absolute Gasteiger partial charge is 0.0948 e. The van der Waals surface area contributed by atoms with Crippen LogP contribution in [0.5, 0.6) is 0 Å². The first-order valence-corrected chi connectivity index (χ1v) is 7.00. The third-order valence-electron chi connectivity index (χ3n) is 4.52. The minimum Gasteiger partial charge on any atom is -0.333 e. The van der Waals surface area contributed by atoms with E-state index in [2.05, 4.69) is 28.0 Å². The molecule has 0 amide bonds. The van der Waals surface area contributed by atoms with Crippen molar-refractivity contribution in [3.63, 3.8) is 0 Å². The van der Waals surface area contributed by atoms with Gasteiger partial charge in [-0.25, -0.2) is 4.98 Å². The van der Waals surface area contributed by atoms with Crippen molar-refractivity contribution in [1.82, 2.24) is 14.9 Å². The molecule has 0 spiro atoms. The van der Waals surface area contributed by atoms with Gasteiger partial charge in [-0.05, 0) is 37.6 Å². The number of rotatable bonds is 3. The Hall–Kier alpha value is -0.830. The lowest BCUT2D eigenvalue weighted by Crippen LogP contribution is -2.33. The van der Waals surface area contributed by atoms with Gasteiger partial charge in [0.2, 0.25) is 0 Å². The molecule has 1 aromatic rings. The zero-order valence-corrected chi connectivity index (χ0v) is 10.8. The Balaban J connectivity index is 1.73. The molecule has 2 aliphatic rings. The Bertz CT molecular complexity index is 373. The maximum Gasteiger partial charge on any atom is 0.0948 e. The van der Waals surface area contributed by atoms with Crippen molar-refractivity contribution in [2.45, 2.75) is 58.0 Å². The molecule has 2 fully saturated rings. The molecule has 3 nitrogen and oxygen atoms in total. The van der Waals surface area contributed by atoms with Gasteiger partial charge in [0.05, 0.1) is 12.0 Å². The van der Waals surface area contributed by atoms with Gasteiger partial charge in [-0.2, -0.15) is 0 Å². The Morgan fingerprint density at radius 2 is 2.29 bits per heavy atom. The number of hydrogen-bond acceptors (Lipinski definition) is 2. The summed E-state index contributed by atoms with van der Waals surface area (Å²) in [7, 11) is 0. The predicted molar refractivity (Wildman–Crippen MR) is 68.8 cm³/mol. The molecule has 1 saturated heterocycles. The summed E-state index contributed by atoms with van der Waals surface area (Å²) in [6.45, 7) is 4.72. The largest absolute Gasteiger partial charge is 0.333 e.